The van der Waals surface area contributed by atoms with Gasteiger partial charge in [0.2, 0.25) is 0 Å². The molecule has 0 saturated heterocycles. The summed E-state index contributed by atoms with van der Waals surface area (Å²) in [6, 6.07) is 5.33. The summed E-state index contributed by atoms with van der Waals surface area (Å²) in [6.45, 7) is 0. The van der Waals surface area contributed by atoms with Crippen molar-refractivity contribution in [2.24, 2.45) is 11.8 Å². The minimum atomic E-state index is -4.35. The smallest absolute Gasteiger partial charge is 0.359 e. The molecule has 3 rings (SSSR count). The van der Waals surface area contributed by atoms with Gasteiger partial charge < -0.3 is 10.6 Å². The van der Waals surface area contributed by atoms with Crippen LogP contribution >= 0.6 is 12.2 Å². The molecule has 0 spiro atoms. The number of alkyl halides is 3. The van der Waals surface area contributed by atoms with E-state index in [2.05, 4.69) is 22.8 Å². The van der Waals surface area contributed by atoms with Gasteiger partial charge in [0.05, 0.1) is 5.56 Å². The predicted molar refractivity (Wildman–Crippen MR) is 79.9 cm³/mol. The first-order valence-corrected chi connectivity index (χ1v) is 7.26. The molecule has 0 amide bonds. The first-order chi connectivity index (χ1) is 9.91. The third-order valence-electron chi connectivity index (χ3n) is 4.04. The molecule has 2 N–H and O–H groups in total. The van der Waals surface area contributed by atoms with Gasteiger partial charge in [-0.05, 0) is 55.1 Å². The lowest BCUT2D eigenvalue weighted by Gasteiger charge is -2.22. The minimum Gasteiger partial charge on any atom is -0.359 e. The lowest BCUT2D eigenvalue weighted by atomic mass is 10.0. The van der Waals surface area contributed by atoms with E-state index in [0.717, 1.165) is 25.0 Å². The summed E-state index contributed by atoms with van der Waals surface area (Å²) in [4.78, 5) is 0. The first-order valence-electron chi connectivity index (χ1n) is 6.85. The van der Waals surface area contributed by atoms with Gasteiger partial charge in [-0.1, -0.05) is 18.2 Å². The lowest BCUT2D eigenvalue weighted by molar-refractivity contribution is -0.137. The number of fused-ring (bicyclic) bond motifs is 2. The summed E-state index contributed by atoms with van der Waals surface area (Å²) in [5.41, 5.74) is -0.334. The van der Waals surface area contributed by atoms with E-state index in [0.29, 0.717) is 22.6 Å². The third-order valence-corrected chi connectivity index (χ3v) is 4.26. The van der Waals surface area contributed by atoms with E-state index in [1.807, 2.05) is 0 Å². The van der Waals surface area contributed by atoms with Gasteiger partial charge in [0.15, 0.2) is 5.11 Å². The van der Waals surface area contributed by atoms with E-state index in [1.165, 1.54) is 6.07 Å². The van der Waals surface area contributed by atoms with Crippen molar-refractivity contribution in [2.45, 2.75) is 25.1 Å². The van der Waals surface area contributed by atoms with E-state index < -0.39 is 11.7 Å². The molecule has 112 valence electrons. The monoisotopic (exact) mass is 312 g/mol. The fraction of sp³-hybridized carbons (Fsp3) is 0.400. The number of halogens is 3. The third kappa shape index (κ3) is 3.20. The summed E-state index contributed by atoms with van der Waals surface area (Å²) >= 11 is 5.20. The second kappa shape index (κ2) is 5.33. The van der Waals surface area contributed by atoms with Crippen molar-refractivity contribution in [3.05, 3.63) is 42.0 Å². The molecule has 21 heavy (non-hydrogen) atoms. The number of hydrogen-bond donors (Lipinski definition) is 2. The zero-order valence-electron chi connectivity index (χ0n) is 11.2. The van der Waals surface area contributed by atoms with Crippen LogP contribution in [0.3, 0.4) is 0 Å². The molecule has 0 radical (unpaired) electrons. The molecule has 2 aliphatic carbocycles. The number of hydrogen-bond acceptors (Lipinski definition) is 1. The van der Waals surface area contributed by atoms with Crippen LogP contribution in [0.15, 0.2) is 36.4 Å². The normalized spacial score (nSPS) is 26.9. The molecule has 6 heteroatoms. The summed E-state index contributed by atoms with van der Waals surface area (Å²) in [6.07, 6.45) is 2.25. The largest absolute Gasteiger partial charge is 0.416 e. The number of nitrogens with one attached hydrogen (secondary N) is 2. The Morgan fingerprint density at radius 1 is 1.19 bits per heavy atom. The van der Waals surface area contributed by atoms with Gasteiger partial charge in [0.25, 0.3) is 0 Å². The molecular weight excluding hydrogens is 297 g/mol. The minimum absolute atomic E-state index is 0.283. The number of rotatable bonds is 2. The summed E-state index contributed by atoms with van der Waals surface area (Å²) in [5.74, 6) is 1.10. The van der Waals surface area contributed by atoms with Crippen molar-refractivity contribution in [3.63, 3.8) is 0 Å². The van der Waals surface area contributed by atoms with Crippen molar-refractivity contribution in [1.29, 1.82) is 0 Å². The number of thiocarbonyl (C=S) groups is 1. The van der Waals surface area contributed by atoms with Crippen molar-refractivity contribution in [3.8, 4) is 0 Å². The second-order valence-electron chi connectivity index (χ2n) is 5.56. The van der Waals surface area contributed by atoms with Gasteiger partial charge in [-0.2, -0.15) is 13.2 Å². The molecule has 0 unspecified atom stereocenters. The zero-order valence-corrected chi connectivity index (χ0v) is 12.0. The molecule has 0 heterocycles. The van der Waals surface area contributed by atoms with E-state index >= 15 is 0 Å². The Labute approximate surface area is 126 Å². The topological polar surface area (TPSA) is 24.1 Å². The molecule has 0 aliphatic heterocycles. The van der Waals surface area contributed by atoms with E-state index in [1.54, 1.807) is 6.07 Å². The van der Waals surface area contributed by atoms with E-state index in [-0.39, 0.29) is 6.04 Å². The van der Waals surface area contributed by atoms with Crippen LogP contribution in [-0.2, 0) is 6.18 Å². The molecule has 1 aromatic rings. The van der Waals surface area contributed by atoms with Crippen molar-refractivity contribution in [1.82, 2.24) is 5.32 Å². The molecule has 1 aromatic carbocycles. The summed E-state index contributed by atoms with van der Waals surface area (Å²) in [5, 5.41) is 6.42. The van der Waals surface area contributed by atoms with Crippen LogP contribution in [0.1, 0.15) is 18.4 Å². The Morgan fingerprint density at radius 2 is 2.00 bits per heavy atom. The van der Waals surface area contributed by atoms with Gasteiger partial charge in [0.1, 0.15) is 0 Å². The second-order valence-corrected chi connectivity index (χ2v) is 5.97. The van der Waals surface area contributed by atoms with Crippen LogP contribution < -0.4 is 10.6 Å². The van der Waals surface area contributed by atoms with Crippen molar-refractivity contribution >= 4 is 23.0 Å². The fourth-order valence-electron chi connectivity index (χ4n) is 3.06. The molecule has 3 atom stereocenters. The average molecular weight is 312 g/mol. The van der Waals surface area contributed by atoms with E-state index in [9.17, 15) is 13.2 Å². The first kappa shape index (κ1) is 14.4. The van der Waals surface area contributed by atoms with Crippen LogP contribution in [0.5, 0.6) is 0 Å². The Balaban J connectivity index is 1.61. The van der Waals surface area contributed by atoms with Gasteiger partial charge in [-0.3, -0.25) is 0 Å². The molecule has 1 saturated carbocycles. The van der Waals surface area contributed by atoms with Crippen molar-refractivity contribution < 1.29 is 13.2 Å². The Morgan fingerprint density at radius 3 is 2.62 bits per heavy atom. The summed E-state index contributed by atoms with van der Waals surface area (Å²) in [7, 11) is 0. The Bertz CT molecular complexity index is 583. The van der Waals surface area contributed by atoms with Crippen LogP contribution in [0.2, 0.25) is 0 Å². The summed E-state index contributed by atoms with van der Waals surface area (Å²) < 4.78 is 38.0. The predicted octanol–water partition coefficient (Wildman–Crippen LogP) is 3.96. The molecule has 2 aliphatic rings. The number of anilines is 1. The Hall–Kier alpha value is -1.56. The molecule has 1 fully saturated rings. The molecule has 0 aromatic heterocycles. The highest BCUT2D eigenvalue weighted by Gasteiger charge is 2.36. The van der Waals surface area contributed by atoms with Crippen LogP contribution in [0.4, 0.5) is 18.9 Å². The average Bonchev–Trinajstić information content (AvgIpc) is 3.00. The highest BCUT2D eigenvalue weighted by Crippen LogP contribution is 2.39. The van der Waals surface area contributed by atoms with Crippen LogP contribution in [0.25, 0.3) is 0 Å². The van der Waals surface area contributed by atoms with E-state index in [4.69, 9.17) is 12.2 Å². The Kier molecular flexibility index (Phi) is 3.65. The van der Waals surface area contributed by atoms with Gasteiger partial charge >= 0.3 is 6.18 Å². The number of benzene rings is 1. The molecule has 2 nitrogen and oxygen atoms in total. The molecule has 2 bridgehead atoms. The van der Waals surface area contributed by atoms with Crippen LogP contribution in [0, 0.1) is 11.8 Å². The highest BCUT2D eigenvalue weighted by molar-refractivity contribution is 7.80. The number of allylic oxidation sites excluding steroid dienone is 1. The molecular formula is C15H15F3N2S. The van der Waals surface area contributed by atoms with Crippen molar-refractivity contribution in [2.75, 3.05) is 5.32 Å². The SMILES string of the molecule is FC(F)(F)c1cccc(NC(=S)N[C@H]2C[C@@H]3C=C[C@H]2C3)c1. The fourth-order valence-corrected chi connectivity index (χ4v) is 3.32. The lowest BCUT2D eigenvalue weighted by Crippen LogP contribution is -2.40. The van der Waals surface area contributed by atoms with Crippen LogP contribution in [-0.4, -0.2) is 11.2 Å². The maximum absolute atomic E-state index is 12.7. The maximum Gasteiger partial charge on any atom is 0.416 e. The van der Waals surface area contributed by atoms with Gasteiger partial charge in [-0.15, -0.1) is 0 Å². The standard InChI is InChI=1S/C15H15F3N2S/c16-15(17,18)11-2-1-3-12(8-11)19-14(21)20-13-7-9-4-5-10(13)6-9/h1-5,8-10,13H,6-7H2,(H2,19,20,21)/t9-,10+,13+/m1/s1. The van der Waals surface area contributed by atoms with Gasteiger partial charge in [-0.25, -0.2) is 0 Å². The highest BCUT2D eigenvalue weighted by atomic mass is 32.1. The van der Waals surface area contributed by atoms with Gasteiger partial charge in [0, 0.05) is 11.7 Å². The quantitative estimate of drug-likeness (QED) is 0.638. The maximum atomic E-state index is 12.7. The zero-order chi connectivity index (χ0) is 15.0.